The van der Waals surface area contributed by atoms with E-state index in [4.69, 9.17) is 5.73 Å². The lowest BCUT2D eigenvalue weighted by atomic mass is 10.0. The number of anilines is 1. The number of carbonyl (C=O) groups excluding carboxylic acids is 2. The number of amides is 2. The number of likely N-dealkylation sites (N-methyl/N-ethyl adjacent to an activating group) is 1. The van der Waals surface area contributed by atoms with E-state index in [-0.39, 0.29) is 34.5 Å². The Morgan fingerprint density at radius 3 is 2.68 bits per heavy atom. The molecule has 10 N–H and O–H groups in total. The standard InChI is InChI=1S/C18H23N9O4S3.3H2O/c1-25(2)3-4-26-18(22-23-24-26)34-7-9-6-32-15-12(14(29)27(15)13(9)16(30)31)21-11(28)5-10-8-33-17(19)20-10;;;/h8,12,15H,3-7H2,1-2H3,(H2,19,20)(H,21,28)(H,30,31);3*1H2/t12-,15-;;;/m1.../s1. The molecule has 2 aliphatic rings. The van der Waals surface area contributed by atoms with E-state index in [0.29, 0.717) is 39.6 Å². The van der Waals surface area contributed by atoms with Gasteiger partial charge in [0.25, 0.3) is 5.91 Å². The summed E-state index contributed by atoms with van der Waals surface area (Å²) in [6.07, 6.45) is 0.000917. The Balaban J connectivity index is 0.00000228. The molecule has 2 aromatic heterocycles. The Morgan fingerprint density at radius 2 is 2.05 bits per heavy atom. The first kappa shape index (κ1) is 32.2. The minimum atomic E-state index is -1.18. The van der Waals surface area contributed by atoms with Crippen molar-refractivity contribution in [1.82, 2.24) is 40.3 Å². The maximum atomic E-state index is 12.8. The molecule has 0 radical (unpaired) electrons. The number of carboxylic acids is 1. The number of fused-ring (bicyclic) bond motifs is 1. The SMILES string of the molecule is CN(C)CCn1nnnc1SCC1=C(C(=O)O)N2C(=O)[C@@H](NC(=O)Cc3csc(N)n3)[C@H]2SC1.O.O.O. The summed E-state index contributed by atoms with van der Waals surface area (Å²) < 4.78 is 1.67. The first-order valence-electron chi connectivity index (χ1n) is 10.2. The number of aliphatic carboxylic acids is 1. The van der Waals surface area contributed by atoms with Crippen LogP contribution in [0.3, 0.4) is 0 Å². The molecule has 2 aromatic rings. The summed E-state index contributed by atoms with van der Waals surface area (Å²) in [5.41, 5.74) is 6.68. The molecule has 0 aromatic carbocycles. The minimum Gasteiger partial charge on any atom is -0.477 e. The summed E-state index contributed by atoms with van der Waals surface area (Å²) in [6, 6.07) is -0.782. The minimum absolute atomic E-state index is 0. The van der Waals surface area contributed by atoms with Crippen LogP contribution in [0, 0.1) is 0 Å². The van der Waals surface area contributed by atoms with Crippen LogP contribution in [0.25, 0.3) is 0 Å². The maximum absolute atomic E-state index is 12.8. The van der Waals surface area contributed by atoms with Gasteiger partial charge in [0.05, 0.1) is 18.7 Å². The molecule has 19 heteroatoms. The zero-order valence-corrected chi connectivity index (χ0v) is 22.3. The second-order valence-corrected chi connectivity index (χ2v) is 10.8. The second-order valence-electron chi connectivity index (χ2n) is 7.84. The molecule has 4 rings (SSSR count). The maximum Gasteiger partial charge on any atom is 0.352 e. The topological polar surface area (TPSA) is 267 Å². The molecule has 206 valence electrons. The van der Waals surface area contributed by atoms with Crippen molar-refractivity contribution in [1.29, 1.82) is 0 Å². The van der Waals surface area contributed by atoms with Gasteiger partial charge in [-0.2, -0.15) is 0 Å². The molecule has 0 spiro atoms. The number of tetrazole rings is 1. The zero-order valence-electron chi connectivity index (χ0n) is 19.9. The third-order valence-electron chi connectivity index (χ3n) is 5.11. The summed E-state index contributed by atoms with van der Waals surface area (Å²) in [7, 11) is 3.90. The molecule has 1 saturated heterocycles. The smallest absolute Gasteiger partial charge is 0.352 e. The van der Waals surface area contributed by atoms with Gasteiger partial charge in [-0.05, 0) is 30.1 Å². The fourth-order valence-corrected chi connectivity index (χ4v) is 6.42. The number of nitrogen functional groups attached to an aromatic ring is 1. The number of nitrogens with two attached hydrogens (primary N) is 1. The van der Waals surface area contributed by atoms with Gasteiger partial charge >= 0.3 is 5.97 Å². The van der Waals surface area contributed by atoms with Crippen molar-refractivity contribution in [2.24, 2.45) is 0 Å². The van der Waals surface area contributed by atoms with Crippen LogP contribution in [0.15, 0.2) is 21.8 Å². The molecule has 2 atom stereocenters. The van der Waals surface area contributed by atoms with Crippen LogP contribution in [0.1, 0.15) is 5.69 Å². The van der Waals surface area contributed by atoms with E-state index >= 15 is 0 Å². The fourth-order valence-electron chi connectivity index (χ4n) is 3.47. The van der Waals surface area contributed by atoms with Crippen LogP contribution in [0.4, 0.5) is 5.13 Å². The fraction of sp³-hybridized carbons (Fsp3) is 0.500. The lowest BCUT2D eigenvalue weighted by Gasteiger charge is -2.49. The van der Waals surface area contributed by atoms with Crippen molar-refractivity contribution in [2.45, 2.75) is 29.5 Å². The van der Waals surface area contributed by atoms with E-state index in [1.807, 2.05) is 19.0 Å². The number of hydrogen-bond donors (Lipinski definition) is 3. The number of hydrogen-bond acceptors (Lipinski definition) is 12. The summed E-state index contributed by atoms with van der Waals surface area (Å²) >= 11 is 3.98. The van der Waals surface area contributed by atoms with E-state index in [2.05, 4.69) is 25.8 Å². The molecule has 0 bridgehead atoms. The second kappa shape index (κ2) is 13.7. The van der Waals surface area contributed by atoms with Crippen LogP contribution in [0.2, 0.25) is 0 Å². The van der Waals surface area contributed by atoms with Gasteiger partial charge in [0.2, 0.25) is 11.1 Å². The average molecular weight is 580 g/mol. The van der Waals surface area contributed by atoms with Crippen LogP contribution < -0.4 is 11.1 Å². The number of thiazole rings is 1. The molecule has 37 heavy (non-hydrogen) atoms. The number of carboxylic acid groups (broad SMARTS) is 1. The van der Waals surface area contributed by atoms with Crippen LogP contribution in [0.5, 0.6) is 0 Å². The first-order chi connectivity index (χ1) is 16.2. The number of β-lactam (4-membered cyclic amide) rings is 1. The monoisotopic (exact) mass is 579 g/mol. The number of thioether (sulfide) groups is 2. The van der Waals surface area contributed by atoms with E-state index in [1.54, 1.807) is 10.1 Å². The third-order valence-corrected chi connectivity index (χ3v) is 8.22. The van der Waals surface area contributed by atoms with Crippen LogP contribution in [-0.2, 0) is 27.3 Å². The Bertz CT molecular complexity index is 1140. The van der Waals surface area contributed by atoms with E-state index in [9.17, 15) is 19.5 Å². The largest absolute Gasteiger partial charge is 0.477 e. The normalized spacial score (nSPS) is 18.2. The number of carbonyl (C=O) groups is 3. The van der Waals surface area contributed by atoms with Crippen molar-refractivity contribution >= 4 is 57.8 Å². The molecular weight excluding hydrogens is 550 g/mol. The molecule has 0 unspecified atom stereocenters. The predicted molar refractivity (Wildman–Crippen MR) is 138 cm³/mol. The van der Waals surface area contributed by atoms with Gasteiger partial charge < -0.3 is 37.5 Å². The van der Waals surface area contributed by atoms with Gasteiger partial charge in [-0.3, -0.25) is 14.5 Å². The number of aromatic nitrogens is 5. The number of rotatable bonds is 10. The van der Waals surface area contributed by atoms with E-state index < -0.39 is 23.3 Å². The quantitative estimate of drug-likeness (QED) is 0.186. The number of nitrogens with one attached hydrogen (secondary N) is 1. The highest BCUT2D eigenvalue weighted by Gasteiger charge is 2.54. The first-order valence-corrected chi connectivity index (χ1v) is 13.1. The Kier molecular flexibility index (Phi) is 11.9. The predicted octanol–water partition coefficient (Wildman–Crippen LogP) is -3.13. The average Bonchev–Trinajstić information content (AvgIpc) is 3.41. The van der Waals surface area contributed by atoms with E-state index in [0.717, 1.165) is 6.54 Å². The van der Waals surface area contributed by atoms with Crippen LogP contribution in [-0.4, -0.2) is 118 Å². The van der Waals surface area contributed by atoms with Gasteiger partial charge in [0.15, 0.2) is 5.13 Å². The summed E-state index contributed by atoms with van der Waals surface area (Å²) in [5.74, 6) is -1.24. The highest BCUT2D eigenvalue weighted by Crippen LogP contribution is 2.41. The van der Waals surface area contributed by atoms with Gasteiger partial charge in [-0.25, -0.2) is 14.5 Å². The highest BCUT2D eigenvalue weighted by molar-refractivity contribution is 8.01. The molecule has 2 aliphatic heterocycles. The van der Waals surface area contributed by atoms with Crippen molar-refractivity contribution in [2.75, 3.05) is 37.9 Å². The van der Waals surface area contributed by atoms with Crippen molar-refractivity contribution < 1.29 is 35.9 Å². The lowest BCUT2D eigenvalue weighted by molar-refractivity contribution is -0.150. The van der Waals surface area contributed by atoms with Gasteiger partial charge in [0, 0.05) is 23.4 Å². The summed E-state index contributed by atoms with van der Waals surface area (Å²) in [5, 5.41) is 26.4. The van der Waals surface area contributed by atoms with Crippen molar-refractivity contribution in [3.05, 3.63) is 22.3 Å². The van der Waals surface area contributed by atoms with Crippen LogP contribution >= 0.6 is 34.9 Å². The molecule has 4 heterocycles. The lowest BCUT2D eigenvalue weighted by Crippen LogP contribution is -2.70. The Morgan fingerprint density at radius 1 is 1.32 bits per heavy atom. The zero-order chi connectivity index (χ0) is 24.4. The molecule has 1 fully saturated rings. The number of nitrogens with zero attached hydrogens (tertiary/aromatic N) is 7. The summed E-state index contributed by atoms with van der Waals surface area (Å²) in [4.78, 5) is 44.5. The van der Waals surface area contributed by atoms with Crippen molar-refractivity contribution in [3.8, 4) is 0 Å². The summed E-state index contributed by atoms with van der Waals surface area (Å²) in [6.45, 7) is 1.36. The third kappa shape index (κ3) is 7.15. The molecule has 0 saturated carbocycles. The van der Waals surface area contributed by atoms with Gasteiger partial charge in [-0.1, -0.05) is 11.8 Å². The Hall–Kier alpha value is -2.81. The molecule has 16 nitrogen and oxygen atoms in total. The highest BCUT2D eigenvalue weighted by atomic mass is 32.2. The van der Waals surface area contributed by atoms with E-state index in [1.165, 1.54) is 39.8 Å². The molecule has 2 amide bonds. The van der Waals surface area contributed by atoms with Gasteiger partial charge in [0.1, 0.15) is 17.1 Å². The molecular formula is C18H29N9O7S3. The van der Waals surface area contributed by atoms with Gasteiger partial charge in [-0.15, -0.1) is 28.2 Å². The molecule has 0 aliphatic carbocycles. The van der Waals surface area contributed by atoms with Crippen molar-refractivity contribution in [3.63, 3.8) is 0 Å². The Labute approximate surface area is 223 Å².